The number of halogens is 4. The summed E-state index contributed by atoms with van der Waals surface area (Å²) >= 11 is 0. The molecule has 0 spiro atoms. The van der Waals surface area contributed by atoms with Crippen LogP contribution in [0.1, 0.15) is 73.0 Å². The number of carboxylic acid groups (broad SMARTS) is 1. The van der Waals surface area contributed by atoms with Crippen molar-refractivity contribution in [3.05, 3.63) is 40.6 Å². The molecule has 0 amide bonds. The van der Waals surface area contributed by atoms with Gasteiger partial charge < -0.3 is 14.9 Å². The van der Waals surface area contributed by atoms with Crippen LogP contribution in [0.15, 0.2) is 6.20 Å². The van der Waals surface area contributed by atoms with Crippen LogP contribution in [0.25, 0.3) is 0 Å². The lowest BCUT2D eigenvalue weighted by atomic mass is 9.93. The van der Waals surface area contributed by atoms with Gasteiger partial charge in [-0.2, -0.15) is 28.4 Å². The minimum absolute atomic E-state index is 0.170. The van der Waals surface area contributed by atoms with Crippen LogP contribution in [0.2, 0.25) is 0 Å². The number of alkyl halides is 3. The summed E-state index contributed by atoms with van der Waals surface area (Å²) in [6.45, 7) is 8.16. The van der Waals surface area contributed by atoms with E-state index < -0.39 is 12.1 Å². The van der Waals surface area contributed by atoms with E-state index in [4.69, 9.17) is 19.9 Å². The zero-order chi connectivity index (χ0) is 31.3. The summed E-state index contributed by atoms with van der Waals surface area (Å²) in [6, 6.07) is 0. The number of carbonyl (C=O) groups is 1. The highest BCUT2D eigenvalue weighted by Gasteiger charge is 2.38. The predicted molar refractivity (Wildman–Crippen MR) is 153 cm³/mol. The van der Waals surface area contributed by atoms with Gasteiger partial charge in [-0.25, -0.2) is 19.2 Å². The van der Waals surface area contributed by atoms with Gasteiger partial charge in [0.1, 0.15) is 11.6 Å². The molecular weight excluding hydrogens is 584 g/mol. The van der Waals surface area contributed by atoms with Crippen LogP contribution < -0.4 is 9.80 Å². The Balaban J connectivity index is 0.000000493. The quantitative estimate of drug-likeness (QED) is 0.360. The fourth-order valence-electron chi connectivity index (χ4n) is 6.03. The molecule has 3 aromatic heterocycles. The maximum Gasteiger partial charge on any atom is 0.490 e. The van der Waals surface area contributed by atoms with Crippen molar-refractivity contribution in [2.75, 3.05) is 49.1 Å². The number of nitrogens with one attached hydrogen (secondary N) is 2. The summed E-state index contributed by atoms with van der Waals surface area (Å²) in [5.41, 5.74) is 3.23. The van der Waals surface area contributed by atoms with Gasteiger partial charge in [-0.15, -0.1) is 0 Å². The van der Waals surface area contributed by atoms with E-state index in [-0.39, 0.29) is 11.7 Å². The standard InChI is InChI=1S/C26H37FN10.C2HF3O2/c1-18-29-23(33-32-18)17-35-12-14-36(15-13-35)25-20-6-4-2-3-5-7-22(20)30-26(31-25)37-10-8-19(9-11-37)24-21(27)16-28-34-24;3-2(4,5)1(6)7/h16,19H,2-15,17H2,1H3,(H,28,34)(H,29,32,33);(H,6,7). The molecule has 44 heavy (non-hydrogen) atoms. The summed E-state index contributed by atoms with van der Waals surface area (Å²) < 4.78 is 45.8. The minimum Gasteiger partial charge on any atom is -0.475 e. The lowest BCUT2D eigenvalue weighted by molar-refractivity contribution is -0.192. The third-order valence-electron chi connectivity index (χ3n) is 8.38. The molecule has 16 heteroatoms. The molecule has 0 atom stereocenters. The molecule has 12 nitrogen and oxygen atoms in total. The first kappa shape index (κ1) is 31.6. The second-order valence-corrected chi connectivity index (χ2v) is 11.5. The highest BCUT2D eigenvalue weighted by molar-refractivity contribution is 5.73. The van der Waals surface area contributed by atoms with Gasteiger partial charge in [-0.3, -0.25) is 15.1 Å². The molecule has 0 unspecified atom stereocenters. The second kappa shape index (κ2) is 13.9. The maximum absolute atomic E-state index is 14.1. The first-order valence-corrected chi connectivity index (χ1v) is 15.1. The molecule has 0 radical (unpaired) electrons. The fraction of sp³-hybridized carbons (Fsp3) is 0.643. The van der Waals surface area contributed by atoms with Crippen molar-refractivity contribution < 1.29 is 27.5 Å². The number of H-pyrrole nitrogens is 2. The van der Waals surface area contributed by atoms with Gasteiger partial charge in [0, 0.05) is 50.7 Å². The first-order valence-electron chi connectivity index (χ1n) is 15.1. The lowest BCUT2D eigenvalue weighted by Crippen LogP contribution is -2.47. The van der Waals surface area contributed by atoms with Crippen LogP contribution in [0.3, 0.4) is 0 Å². The average Bonchev–Trinajstić information content (AvgIpc) is 3.60. The van der Waals surface area contributed by atoms with Crippen molar-refractivity contribution in [2.24, 2.45) is 0 Å². The van der Waals surface area contributed by atoms with Crippen molar-refractivity contribution in [1.29, 1.82) is 0 Å². The minimum atomic E-state index is -5.08. The molecule has 0 bridgehead atoms. The van der Waals surface area contributed by atoms with E-state index in [1.54, 1.807) is 0 Å². The molecule has 240 valence electrons. The van der Waals surface area contributed by atoms with Crippen LogP contribution >= 0.6 is 0 Å². The molecule has 3 aromatic rings. The third kappa shape index (κ3) is 7.81. The SMILES string of the molecule is Cc1nc(CN2CCN(c3nc(N4CCC(c5[nH]ncc5F)CC4)nc4c3CCCCCC4)CC2)n[nH]1.O=C(O)C(F)(F)F. The summed E-state index contributed by atoms with van der Waals surface area (Å²) in [5, 5.41) is 21.1. The zero-order valence-electron chi connectivity index (χ0n) is 24.7. The van der Waals surface area contributed by atoms with Crippen LogP contribution in [0.5, 0.6) is 0 Å². The Bertz CT molecular complexity index is 1400. The molecule has 5 heterocycles. The number of hydrogen-bond donors (Lipinski definition) is 3. The monoisotopic (exact) mass is 622 g/mol. The van der Waals surface area contributed by atoms with Gasteiger partial charge >= 0.3 is 12.1 Å². The van der Waals surface area contributed by atoms with Crippen molar-refractivity contribution in [2.45, 2.75) is 76.9 Å². The molecule has 2 aliphatic heterocycles. The number of nitrogens with zero attached hydrogens (tertiary/aromatic N) is 8. The van der Waals surface area contributed by atoms with Gasteiger partial charge in [0.15, 0.2) is 11.6 Å². The largest absolute Gasteiger partial charge is 0.490 e. The van der Waals surface area contributed by atoms with Gasteiger partial charge in [-0.1, -0.05) is 12.8 Å². The average molecular weight is 623 g/mol. The number of piperidine rings is 1. The Kier molecular flexibility index (Phi) is 9.96. The molecule has 0 aromatic carbocycles. The van der Waals surface area contributed by atoms with Gasteiger partial charge in [0.25, 0.3) is 0 Å². The Morgan fingerprint density at radius 3 is 2.23 bits per heavy atom. The lowest BCUT2D eigenvalue weighted by Gasteiger charge is -2.37. The number of fused-ring (bicyclic) bond motifs is 1. The molecule has 1 aliphatic carbocycles. The molecule has 3 N–H and O–H groups in total. The van der Waals surface area contributed by atoms with Gasteiger partial charge in [0.05, 0.1) is 24.1 Å². The predicted octanol–water partition coefficient (Wildman–Crippen LogP) is 3.76. The molecular formula is C28H38F4N10O2. The van der Waals surface area contributed by atoms with E-state index in [1.807, 2.05) is 6.92 Å². The van der Waals surface area contributed by atoms with Crippen LogP contribution in [-0.4, -0.2) is 96.8 Å². The van der Waals surface area contributed by atoms with Crippen LogP contribution in [0, 0.1) is 12.7 Å². The fourth-order valence-corrected chi connectivity index (χ4v) is 6.03. The number of rotatable bonds is 5. The highest BCUT2D eigenvalue weighted by atomic mass is 19.4. The van der Waals surface area contributed by atoms with Crippen LogP contribution in [-0.2, 0) is 24.2 Å². The molecule has 0 saturated carbocycles. The summed E-state index contributed by atoms with van der Waals surface area (Å²) in [5.74, 6) is 0.887. The Morgan fingerprint density at radius 2 is 1.64 bits per heavy atom. The van der Waals surface area contributed by atoms with Crippen molar-refractivity contribution in [3.63, 3.8) is 0 Å². The Labute approximate surface area is 252 Å². The van der Waals surface area contributed by atoms with Crippen molar-refractivity contribution >= 4 is 17.7 Å². The van der Waals surface area contributed by atoms with E-state index in [0.29, 0.717) is 5.69 Å². The summed E-state index contributed by atoms with van der Waals surface area (Å²) in [6.07, 6.45) is 4.96. The number of anilines is 2. The maximum atomic E-state index is 14.1. The first-order chi connectivity index (χ1) is 21.1. The number of piperazine rings is 1. The smallest absolute Gasteiger partial charge is 0.475 e. The van der Waals surface area contributed by atoms with Gasteiger partial charge in [0.2, 0.25) is 5.95 Å². The van der Waals surface area contributed by atoms with E-state index in [1.165, 1.54) is 43.1 Å². The number of aliphatic carboxylic acids is 1. The molecule has 3 aliphatic rings. The third-order valence-corrected chi connectivity index (χ3v) is 8.38. The van der Waals surface area contributed by atoms with Crippen LogP contribution in [0.4, 0.5) is 29.3 Å². The van der Waals surface area contributed by atoms with E-state index in [2.05, 4.69) is 40.1 Å². The Hall–Kier alpha value is -3.82. The topological polar surface area (TPSA) is 143 Å². The van der Waals surface area contributed by atoms with Gasteiger partial charge in [-0.05, 0) is 45.4 Å². The van der Waals surface area contributed by atoms with Crippen molar-refractivity contribution in [1.82, 2.24) is 40.2 Å². The molecule has 2 fully saturated rings. The summed E-state index contributed by atoms with van der Waals surface area (Å²) in [7, 11) is 0. The summed E-state index contributed by atoms with van der Waals surface area (Å²) in [4.78, 5) is 30.9. The molecule has 2 saturated heterocycles. The second-order valence-electron chi connectivity index (χ2n) is 11.5. The zero-order valence-corrected chi connectivity index (χ0v) is 24.7. The van der Waals surface area contributed by atoms with E-state index in [9.17, 15) is 17.6 Å². The highest BCUT2D eigenvalue weighted by Crippen LogP contribution is 2.33. The van der Waals surface area contributed by atoms with E-state index in [0.717, 1.165) is 94.9 Å². The molecule has 6 rings (SSSR count). The normalized spacial score (nSPS) is 18.7. The van der Waals surface area contributed by atoms with Crippen molar-refractivity contribution in [3.8, 4) is 0 Å². The number of carboxylic acids is 1. The van der Waals surface area contributed by atoms with E-state index >= 15 is 0 Å². The number of aryl methyl sites for hydroxylation is 2. The number of hydrogen-bond acceptors (Lipinski definition) is 9. The number of aromatic nitrogens is 7. The Morgan fingerprint density at radius 1 is 0.955 bits per heavy atom. The number of aromatic amines is 2.